The van der Waals surface area contributed by atoms with Crippen molar-refractivity contribution in [3.05, 3.63) is 35.9 Å². The van der Waals surface area contributed by atoms with E-state index in [4.69, 9.17) is 0 Å². The third-order valence-corrected chi connectivity index (χ3v) is 4.96. The van der Waals surface area contributed by atoms with Crippen LogP contribution in [0.2, 0.25) is 0 Å². The molecule has 0 bridgehead atoms. The van der Waals surface area contributed by atoms with Crippen molar-refractivity contribution in [3.63, 3.8) is 0 Å². The molecule has 1 aromatic carbocycles. The Kier molecular flexibility index (Phi) is 5.34. The molecular formula is C13H19NO3S. The molecule has 0 spiro atoms. The van der Waals surface area contributed by atoms with Gasteiger partial charge in [-0.15, -0.1) is 0 Å². The number of rotatable bonds is 6. The molecule has 18 heavy (non-hydrogen) atoms. The standard InChI is InChI=1S/C13H19NO3S/c1-3-18(16,17)11(2)13(15)14-10-9-12-7-5-4-6-8-12/h4-8,11H,3,9-10H2,1-2H3,(H,14,15). The summed E-state index contributed by atoms with van der Waals surface area (Å²) in [5, 5.41) is 1.68. The molecule has 0 fully saturated rings. The van der Waals surface area contributed by atoms with Gasteiger partial charge in [0.15, 0.2) is 9.84 Å². The molecule has 4 nitrogen and oxygen atoms in total. The summed E-state index contributed by atoms with van der Waals surface area (Å²) >= 11 is 0. The van der Waals surface area contributed by atoms with E-state index in [-0.39, 0.29) is 5.75 Å². The van der Waals surface area contributed by atoms with Gasteiger partial charge < -0.3 is 5.32 Å². The van der Waals surface area contributed by atoms with Gasteiger partial charge in [-0.3, -0.25) is 4.79 Å². The van der Waals surface area contributed by atoms with Crippen molar-refractivity contribution < 1.29 is 13.2 Å². The van der Waals surface area contributed by atoms with Gasteiger partial charge in [0, 0.05) is 12.3 Å². The lowest BCUT2D eigenvalue weighted by atomic mass is 10.1. The molecule has 100 valence electrons. The fourth-order valence-electron chi connectivity index (χ4n) is 1.53. The Morgan fingerprint density at radius 1 is 1.28 bits per heavy atom. The van der Waals surface area contributed by atoms with E-state index in [1.807, 2.05) is 30.3 Å². The van der Waals surface area contributed by atoms with E-state index in [1.165, 1.54) is 6.92 Å². The maximum absolute atomic E-state index is 11.6. The van der Waals surface area contributed by atoms with E-state index in [0.29, 0.717) is 13.0 Å². The molecule has 1 N–H and O–H groups in total. The lowest BCUT2D eigenvalue weighted by molar-refractivity contribution is -0.120. The van der Waals surface area contributed by atoms with E-state index < -0.39 is 21.0 Å². The molecule has 0 saturated heterocycles. The van der Waals surface area contributed by atoms with Crippen molar-refractivity contribution in [2.24, 2.45) is 0 Å². The summed E-state index contributed by atoms with van der Waals surface area (Å²) in [6.45, 7) is 3.42. The molecule has 0 aliphatic heterocycles. The number of sulfone groups is 1. The Morgan fingerprint density at radius 3 is 2.44 bits per heavy atom. The summed E-state index contributed by atoms with van der Waals surface area (Å²) in [6, 6.07) is 9.73. The summed E-state index contributed by atoms with van der Waals surface area (Å²) in [4.78, 5) is 11.6. The van der Waals surface area contributed by atoms with Gasteiger partial charge in [0.1, 0.15) is 5.25 Å². The molecule has 1 amide bonds. The lowest BCUT2D eigenvalue weighted by Gasteiger charge is -2.11. The molecule has 0 heterocycles. The second-order valence-corrected chi connectivity index (χ2v) is 6.73. The predicted molar refractivity (Wildman–Crippen MR) is 72.1 cm³/mol. The first-order valence-electron chi connectivity index (χ1n) is 6.00. The Morgan fingerprint density at radius 2 is 1.89 bits per heavy atom. The Labute approximate surface area is 108 Å². The van der Waals surface area contributed by atoms with Crippen LogP contribution in [0.15, 0.2) is 30.3 Å². The van der Waals surface area contributed by atoms with Crippen LogP contribution in [-0.4, -0.2) is 31.9 Å². The smallest absolute Gasteiger partial charge is 0.238 e. The van der Waals surface area contributed by atoms with Crippen molar-refractivity contribution in [3.8, 4) is 0 Å². The van der Waals surface area contributed by atoms with Crippen LogP contribution in [0.4, 0.5) is 0 Å². The first kappa shape index (κ1) is 14.7. The molecular weight excluding hydrogens is 250 g/mol. The summed E-state index contributed by atoms with van der Waals surface area (Å²) in [7, 11) is -3.30. The highest BCUT2D eigenvalue weighted by Crippen LogP contribution is 2.02. The molecule has 0 radical (unpaired) electrons. The molecule has 1 aromatic rings. The number of amides is 1. The topological polar surface area (TPSA) is 63.2 Å². The largest absolute Gasteiger partial charge is 0.355 e. The first-order valence-corrected chi connectivity index (χ1v) is 7.72. The molecule has 0 aliphatic carbocycles. The van der Waals surface area contributed by atoms with Crippen LogP contribution < -0.4 is 5.32 Å². The van der Waals surface area contributed by atoms with E-state index in [1.54, 1.807) is 6.92 Å². The quantitative estimate of drug-likeness (QED) is 0.843. The van der Waals surface area contributed by atoms with Gasteiger partial charge in [0.05, 0.1) is 0 Å². The van der Waals surface area contributed by atoms with Gasteiger partial charge in [0.2, 0.25) is 5.91 Å². The van der Waals surface area contributed by atoms with Crippen molar-refractivity contribution in [1.82, 2.24) is 5.32 Å². The van der Waals surface area contributed by atoms with Crippen molar-refractivity contribution in [1.29, 1.82) is 0 Å². The normalized spacial score (nSPS) is 13.0. The number of hydrogen-bond donors (Lipinski definition) is 1. The fraction of sp³-hybridized carbons (Fsp3) is 0.462. The summed E-state index contributed by atoms with van der Waals surface area (Å²) in [5.41, 5.74) is 1.11. The van der Waals surface area contributed by atoms with Crippen LogP contribution in [0.1, 0.15) is 19.4 Å². The minimum atomic E-state index is -3.30. The highest BCUT2D eigenvalue weighted by atomic mass is 32.2. The van der Waals surface area contributed by atoms with Crippen LogP contribution in [0, 0.1) is 0 Å². The van der Waals surface area contributed by atoms with Gasteiger partial charge in [0.25, 0.3) is 0 Å². The van der Waals surface area contributed by atoms with Crippen molar-refractivity contribution in [2.75, 3.05) is 12.3 Å². The van der Waals surface area contributed by atoms with Gasteiger partial charge in [-0.05, 0) is 18.9 Å². The molecule has 0 saturated carbocycles. The number of benzene rings is 1. The SMILES string of the molecule is CCS(=O)(=O)C(C)C(=O)NCCc1ccccc1. The average Bonchev–Trinajstić information content (AvgIpc) is 2.39. The Balaban J connectivity index is 2.43. The lowest BCUT2D eigenvalue weighted by Crippen LogP contribution is -2.39. The maximum Gasteiger partial charge on any atom is 0.238 e. The zero-order valence-electron chi connectivity index (χ0n) is 10.7. The second kappa shape index (κ2) is 6.54. The van der Waals surface area contributed by atoms with Gasteiger partial charge in [-0.2, -0.15) is 0 Å². The Hall–Kier alpha value is -1.36. The number of nitrogens with one attached hydrogen (secondary N) is 1. The number of hydrogen-bond acceptors (Lipinski definition) is 3. The van der Waals surface area contributed by atoms with Crippen LogP contribution >= 0.6 is 0 Å². The third-order valence-electron chi connectivity index (χ3n) is 2.87. The molecule has 1 atom stereocenters. The Bertz CT molecular complexity index is 482. The van der Waals surface area contributed by atoms with Crippen LogP contribution in [-0.2, 0) is 21.1 Å². The van der Waals surface area contributed by atoms with Gasteiger partial charge in [-0.1, -0.05) is 37.3 Å². The van der Waals surface area contributed by atoms with E-state index in [0.717, 1.165) is 5.56 Å². The monoisotopic (exact) mass is 269 g/mol. The van der Waals surface area contributed by atoms with Gasteiger partial charge in [-0.25, -0.2) is 8.42 Å². The molecule has 5 heteroatoms. The van der Waals surface area contributed by atoms with Crippen LogP contribution in [0.25, 0.3) is 0 Å². The summed E-state index contributed by atoms with van der Waals surface area (Å²) in [5.74, 6) is -0.437. The van der Waals surface area contributed by atoms with Crippen LogP contribution in [0.3, 0.4) is 0 Å². The summed E-state index contributed by atoms with van der Waals surface area (Å²) in [6.07, 6.45) is 0.700. The number of carbonyl (C=O) groups is 1. The van der Waals surface area contributed by atoms with Crippen LogP contribution in [0.5, 0.6) is 0 Å². The third kappa shape index (κ3) is 4.14. The molecule has 1 unspecified atom stereocenters. The molecule has 1 rings (SSSR count). The minimum Gasteiger partial charge on any atom is -0.355 e. The average molecular weight is 269 g/mol. The van der Waals surface area contributed by atoms with Gasteiger partial charge >= 0.3 is 0 Å². The highest BCUT2D eigenvalue weighted by molar-refractivity contribution is 7.92. The molecule has 0 aromatic heterocycles. The summed E-state index contributed by atoms with van der Waals surface area (Å²) < 4.78 is 23.0. The zero-order chi connectivity index (χ0) is 13.6. The highest BCUT2D eigenvalue weighted by Gasteiger charge is 2.25. The van der Waals surface area contributed by atoms with Crippen molar-refractivity contribution in [2.45, 2.75) is 25.5 Å². The minimum absolute atomic E-state index is 0.0136. The maximum atomic E-state index is 11.6. The van der Waals surface area contributed by atoms with Crippen molar-refractivity contribution >= 4 is 15.7 Å². The zero-order valence-corrected chi connectivity index (χ0v) is 11.5. The fourth-order valence-corrected chi connectivity index (χ4v) is 2.44. The second-order valence-electron chi connectivity index (χ2n) is 4.12. The van der Waals surface area contributed by atoms with E-state index in [2.05, 4.69) is 5.32 Å². The first-order chi connectivity index (χ1) is 8.47. The number of carbonyl (C=O) groups excluding carboxylic acids is 1. The predicted octanol–water partition coefficient (Wildman–Crippen LogP) is 1.17. The molecule has 0 aliphatic rings. The van der Waals surface area contributed by atoms with E-state index in [9.17, 15) is 13.2 Å². The van der Waals surface area contributed by atoms with E-state index >= 15 is 0 Å².